The van der Waals surface area contributed by atoms with Gasteiger partial charge in [0.1, 0.15) is 5.58 Å². The fourth-order valence-electron chi connectivity index (χ4n) is 4.62. The number of carbonyl (C=O) groups is 1. The van der Waals surface area contributed by atoms with E-state index in [4.69, 9.17) is 9.15 Å². The number of methoxy groups -OCH3 is 1. The van der Waals surface area contributed by atoms with Gasteiger partial charge in [-0.2, -0.15) is 0 Å². The molecule has 0 aliphatic carbocycles. The molecule has 0 fully saturated rings. The van der Waals surface area contributed by atoms with Gasteiger partial charge in [-0.25, -0.2) is 0 Å². The van der Waals surface area contributed by atoms with Crippen LogP contribution in [0.5, 0.6) is 5.75 Å². The number of aromatic nitrogens is 1. The van der Waals surface area contributed by atoms with Gasteiger partial charge in [0.15, 0.2) is 5.76 Å². The average Bonchev–Trinajstić information content (AvgIpc) is 2.82. The predicted octanol–water partition coefficient (Wildman–Crippen LogP) is 3.45. The molecule has 1 aliphatic rings. The minimum absolute atomic E-state index is 0.115. The fourth-order valence-corrected chi connectivity index (χ4v) is 4.62. The smallest absolute Gasteiger partial charge is 0.306 e. The molecule has 7 nitrogen and oxygen atoms in total. The van der Waals surface area contributed by atoms with E-state index in [1.54, 1.807) is 34.9 Å². The lowest BCUT2D eigenvalue weighted by Gasteiger charge is -2.23. The van der Waals surface area contributed by atoms with Crippen molar-refractivity contribution in [2.45, 2.75) is 31.7 Å². The summed E-state index contributed by atoms with van der Waals surface area (Å²) in [5.74, 6) is -2.29. The molecule has 0 saturated heterocycles. The van der Waals surface area contributed by atoms with Crippen LogP contribution in [-0.4, -0.2) is 22.8 Å². The van der Waals surface area contributed by atoms with Crippen LogP contribution in [0.1, 0.15) is 35.6 Å². The second-order valence-electron chi connectivity index (χ2n) is 7.99. The number of aryl methyl sites for hydroxylation is 2. The van der Waals surface area contributed by atoms with Crippen molar-refractivity contribution >= 4 is 27.8 Å². The number of esters is 1. The molecule has 0 radical (unpaired) electrons. The highest BCUT2D eigenvalue weighted by Crippen LogP contribution is 2.35. The van der Waals surface area contributed by atoms with E-state index >= 15 is 0 Å². The lowest BCUT2D eigenvalue weighted by atomic mass is 9.90. The van der Waals surface area contributed by atoms with Crippen LogP contribution in [0.15, 0.2) is 62.5 Å². The molecule has 1 aliphatic heterocycles. The van der Waals surface area contributed by atoms with Gasteiger partial charge in [-0.15, -0.1) is 0 Å². The standard InChI is InChI=1S/C25H21NO6/c1-31-20(27)13-17(24-23(29)22(28)16-9-2-3-10-19(16)32-24)18-12-15-7-4-6-14-8-5-11-26(21(14)15)25(18)30/h2-4,6-7,9-10,12,17,29H,5,8,11,13H2,1H3/t17-/m1/s1. The maximum Gasteiger partial charge on any atom is 0.306 e. The fraction of sp³-hybridized carbons (Fsp3) is 0.240. The third-order valence-corrected chi connectivity index (χ3v) is 6.14. The molecule has 2 aromatic carbocycles. The molecule has 162 valence electrons. The number of carbonyl (C=O) groups excluding carboxylic acids is 1. The molecule has 5 rings (SSSR count). The van der Waals surface area contributed by atoms with Crippen LogP contribution in [0.4, 0.5) is 0 Å². The van der Waals surface area contributed by atoms with E-state index in [-0.39, 0.29) is 34.3 Å². The van der Waals surface area contributed by atoms with Crippen molar-refractivity contribution in [1.82, 2.24) is 4.57 Å². The first-order chi connectivity index (χ1) is 15.5. The summed E-state index contributed by atoms with van der Waals surface area (Å²) in [5, 5.41) is 11.8. The van der Waals surface area contributed by atoms with Crippen LogP contribution < -0.4 is 11.0 Å². The molecule has 1 atom stereocenters. The van der Waals surface area contributed by atoms with Crippen molar-refractivity contribution < 1.29 is 19.1 Å². The normalized spacial score (nSPS) is 13.9. The van der Waals surface area contributed by atoms with Gasteiger partial charge in [0.25, 0.3) is 5.56 Å². The molecule has 2 aromatic heterocycles. The Bertz CT molecular complexity index is 1500. The van der Waals surface area contributed by atoms with Crippen LogP contribution in [0, 0.1) is 0 Å². The second kappa shape index (κ2) is 7.67. The van der Waals surface area contributed by atoms with E-state index in [0.717, 1.165) is 29.3 Å². The summed E-state index contributed by atoms with van der Waals surface area (Å²) in [5.41, 5.74) is 1.64. The zero-order valence-electron chi connectivity index (χ0n) is 17.5. The zero-order chi connectivity index (χ0) is 22.4. The summed E-state index contributed by atoms with van der Waals surface area (Å²) in [6.07, 6.45) is 1.46. The number of para-hydroxylation sites is 2. The summed E-state index contributed by atoms with van der Waals surface area (Å²) >= 11 is 0. The van der Waals surface area contributed by atoms with E-state index in [2.05, 4.69) is 0 Å². The maximum absolute atomic E-state index is 13.6. The molecule has 0 spiro atoms. The summed E-state index contributed by atoms with van der Waals surface area (Å²) < 4.78 is 12.5. The lowest BCUT2D eigenvalue weighted by Crippen LogP contribution is -2.30. The Labute approximate surface area is 182 Å². The number of hydrogen-bond acceptors (Lipinski definition) is 6. The van der Waals surface area contributed by atoms with Gasteiger partial charge < -0.3 is 18.8 Å². The van der Waals surface area contributed by atoms with Crippen molar-refractivity contribution in [2.75, 3.05) is 7.11 Å². The van der Waals surface area contributed by atoms with Gasteiger partial charge in [0.05, 0.1) is 30.4 Å². The number of pyridine rings is 1. The van der Waals surface area contributed by atoms with Gasteiger partial charge in [-0.05, 0) is 42.0 Å². The number of ether oxygens (including phenoxy) is 1. The SMILES string of the molecule is COC(=O)C[C@@H](c1oc2ccccc2c(=O)c1O)c1cc2cccc3c2n(c1=O)CCC3. The Balaban J connectivity index is 1.81. The van der Waals surface area contributed by atoms with Crippen molar-refractivity contribution in [3.8, 4) is 5.75 Å². The molecular formula is C25H21NO6. The van der Waals surface area contributed by atoms with Gasteiger partial charge in [0, 0.05) is 12.1 Å². The largest absolute Gasteiger partial charge is 0.502 e. The number of benzene rings is 2. The van der Waals surface area contributed by atoms with E-state index < -0.39 is 23.1 Å². The number of nitrogens with zero attached hydrogens (tertiary/aromatic N) is 1. The van der Waals surface area contributed by atoms with Crippen LogP contribution in [0.2, 0.25) is 0 Å². The highest BCUT2D eigenvalue weighted by Gasteiger charge is 2.30. The van der Waals surface area contributed by atoms with E-state index in [9.17, 15) is 19.5 Å². The van der Waals surface area contributed by atoms with Crippen molar-refractivity contribution in [3.05, 3.63) is 86.0 Å². The number of aromatic hydroxyl groups is 1. The van der Waals surface area contributed by atoms with Crippen molar-refractivity contribution in [3.63, 3.8) is 0 Å². The van der Waals surface area contributed by atoms with E-state index in [0.29, 0.717) is 6.54 Å². The van der Waals surface area contributed by atoms with Gasteiger partial charge in [0.2, 0.25) is 11.2 Å². The molecule has 0 saturated carbocycles. The molecule has 4 aromatic rings. The van der Waals surface area contributed by atoms with Gasteiger partial charge in [-0.1, -0.05) is 30.3 Å². The Hall–Kier alpha value is -3.87. The third-order valence-electron chi connectivity index (χ3n) is 6.14. The summed E-state index contributed by atoms with van der Waals surface area (Å²) in [7, 11) is 1.25. The lowest BCUT2D eigenvalue weighted by molar-refractivity contribution is -0.140. The molecular weight excluding hydrogens is 410 g/mol. The highest BCUT2D eigenvalue weighted by atomic mass is 16.5. The molecule has 7 heteroatoms. The third kappa shape index (κ3) is 3.09. The highest BCUT2D eigenvalue weighted by molar-refractivity contribution is 5.84. The van der Waals surface area contributed by atoms with Crippen molar-refractivity contribution in [2.24, 2.45) is 0 Å². The molecule has 0 amide bonds. The molecule has 1 N–H and O–H groups in total. The zero-order valence-corrected chi connectivity index (χ0v) is 17.5. The molecule has 0 bridgehead atoms. The first-order valence-electron chi connectivity index (χ1n) is 10.5. The molecule has 32 heavy (non-hydrogen) atoms. The maximum atomic E-state index is 13.6. The minimum atomic E-state index is -0.981. The molecule has 3 heterocycles. The second-order valence-corrected chi connectivity index (χ2v) is 7.99. The van der Waals surface area contributed by atoms with Gasteiger partial charge >= 0.3 is 5.97 Å². The monoisotopic (exact) mass is 431 g/mol. The van der Waals surface area contributed by atoms with E-state index in [1.807, 2.05) is 18.2 Å². The van der Waals surface area contributed by atoms with Crippen LogP contribution in [0.3, 0.4) is 0 Å². The van der Waals surface area contributed by atoms with Crippen LogP contribution in [0.25, 0.3) is 21.9 Å². The number of fused-ring (bicyclic) bond motifs is 1. The topological polar surface area (TPSA) is 98.7 Å². The van der Waals surface area contributed by atoms with Crippen LogP contribution in [-0.2, 0) is 22.5 Å². The summed E-state index contributed by atoms with van der Waals surface area (Å²) in [6.45, 7) is 0.554. The summed E-state index contributed by atoms with van der Waals surface area (Å²) in [6, 6.07) is 14.1. The Morgan fingerprint density at radius 2 is 2.00 bits per heavy atom. The Kier molecular flexibility index (Phi) is 4.81. The minimum Gasteiger partial charge on any atom is -0.502 e. The Morgan fingerprint density at radius 1 is 1.19 bits per heavy atom. The summed E-state index contributed by atoms with van der Waals surface area (Å²) in [4.78, 5) is 38.6. The Morgan fingerprint density at radius 3 is 2.81 bits per heavy atom. The predicted molar refractivity (Wildman–Crippen MR) is 119 cm³/mol. The van der Waals surface area contributed by atoms with Crippen LogP contribution >= 0.6 is 0 Å². The average molecular weight is 431 g/mol. The number of rotatable bonds is 4. The van der Waals surface area contributed by atoms with Crippen molar-refractivity contribution in [1.29, 1.82) is 0 Å². The first kappa shape index (κ1) is 20.1. The number of hydrogen-bond donors (Lipinski definition) is 1. The quantitative estimate of drug-likeness (QED) is 0.497. The first-order valence-corrected chi connectivity index (χ1v) is 10.5. The van der Waals surface area contributed by atoms with Gasteiger partial charge in [-0.3, -0.25) is 14.4 Å². The molecule has 0 unspecified atom stereocenters. The van der Waals surface area contributed by atoms with E-state index in [1.165, 1.54) is 7.11 Å².